The van der Waals surface area contributed by atoms with Gasteiger partial charge in [-0.2, -0.15) is 0 Å². The van der Waals surface area contributed by atoms with Crippen molar-refractivity contribution >= 4 is 11.9 Å². The topological polar surface area (TPSA) is 95.9 Å². The number of rotatable bonds is 6. The quantitative estimate of drug-likeness (QED) is 0.336. The average molecular weight is 353 g/mol. The molecule has 2 aliphatic heterocycles. The minimum atomic E-state index is -0.572. The lowest BCUT2D eigenvalue weighted by atomic mass is 9.97. The molecule has 2 saturated heterocycles. The maximum atomic E-state index is 12.9. The van der Waals surface area contributed by atoms with Gasteiger partial charge in [0.2, 0.25) is 0 Å². The molecule has 2 rings (SSSR count). The number of allylic oxidation sites excluding steroid dienone is 2. The summed E-state index contributed by atoms with van der Waals surface area (Å²) in [6.45, 7) is 5.67. The van der Waals surface area contributed by atoms with Crippen LogP contribution in [0.5, 0.6) is 0 Å². The van der Waals surface area contributed by atoms with Crippen molar-refractivity contribution in [1.29, 1.82) is 0 Å². The van der Waals surface area contributed by atoms with E-state index in [0.717, 1.165) is 0 Å². The second-order valence-corrected chi connectivity index (χ2v) is 6.71. The number of nitrogens with zero attached hydrogens (tertiary/aromatic N) is 1. The normalized spacial score (nSPS) is 32.4. The van der Waals surface area contributed by atoms with E-state index >= 15 is 0 Å². The predicted molar refractivity (Wildman–Crippen MR) is 91.0 cm³/mol. The lowest BCUT2D eigenvalue weighted by Crippen LogP contribution is -2.48. The van der Waals surface area contributed by atoms with Crippen LogP contribution in [0.25, 0.3) is 0 Å². The Hall–Kier alpha value is -1.70. The molecule has 0 bridgehead atoms. The van der Waals surface area contributed by atoms with Crippen molar-refractivity contribution < 1.29 is 28.8 Å². The van der Waals surface area contributed by atoms with Crippen LogP contribution < -0.4 is 0 Å². The second kappa shape index (κ2) is 8.12. The molecular formula is C18H27NO6. The Morgan fingerprint density at radius 3 is 2.48 bits per heavy atom. The first-order chi connectivity index (χ1) is 11.9. The van der Waals surface area contributed by atoms with Crippen molar-refractivity contribution in [2.75, 3.05) is 26.3 Å². The number of hydrogen-bond donors (Lipinski definition) is 1. The highest BCUT2D eigenvalue weighted by Gasteiger charge is 2.54. The Kier molecular flexibility index (Phi) is 6.37. The monoisotopic (exact) mass is 353 g/mol. The summed E-state index contributed by atoms with van der Waals surface area (Å²) < 4.78 is 10.4. The first kappa shape index (κ1) is 19.6. The summed E-state index contributed by atoms with van der Waals surface area (Å²) in [7, 11) is 0. The van der Waals surface area contributed by atoms with Crippen LogP contribution in [0.2, 0.25) is 0 Å². The first-order valence-corrected chi connectivity index (χ1v) is 8.71. The van der Waals surface area contributed by atoms with E-state index in [0.29, 0.717) is 31.5 Å². The molecule has 25 heavy (non-hydrogen) atoms. The van der Waals surface area contributed by atoms with Crippen molar-refractivity contribution in [3.63, 3.8) is 0 Å². The number of ether oxygens (including phenoxy) is 2. The van der Waals surface area contributed by atoms with Gasteiger partial charge in [0.05, 0.1) is 31.2 Å². The third-order valence-electron chi connectivity index (χ3n) is 5.30. The van der Waals surface area contributed by atoms with E-state index in [1.807, 2.05) is 0 Å². The van der Waals surface area contributed by atoms with Crippen LogP contribution >= 0.6 is 0 Å². The molecule has 4 atom stereocenters. The number of hydroxylamine groups is 3. The smallest absolute Gasteiger partial charge is 0.336 e. The number of quaternary nitrogens is 1. The number of fused-ring (bicyclic) bond motifs is 1. The molecule has 0 amide bonds. The van der Waals surface area contributed by atoms with Crippen LogP contribution in [0.3, 0.4) is 0 Å². The minimum absolute atomic E-state index is 0.0970. The van der Waals surface area contributed by atoms with Crippen molar-refractivity contribution in [3.05, 3.63) is 28.5 Å². The summed E-state index contributed by atoms with van der Waals surface area (Å²) in [5.41, 5.74) is 0.705. The standard InChI is InChI=1S/C18H27NO6/c1-4-12(3)17(21)25-15-7-9-19(23)8-6-14(16(15)19)11-24-18(22)13(5-2)10-20/h4-5,14-16,20H,6-11H2,1-3H3/b12-4-,13-5?/t14-,15-,16-,19?/m1/s1. The van der Waals surface area contributed by atoms with E-state index in [4.69, 9.17) is 14.6 Å². The average Bonchev–Trinajstić information content (AvgIpc) is 3.09. The van der Waals surface area contributed by atoms with Crippen LogP contribution in [-0.2, 0) is 19.1 Å². The van der Waals surface area contributed by atoms with E-state index < -0.39 is 24.1 Å². The highest BCUT2D eigenvalue weighted by molar-refractivity contribution is 5.88. The van der Waals surface area contributed by atoms with Crippen LogP contribution in [0.15, 0.2) is 23.3 Å². The third kappa shape index (κ3) is 4.11. The van der Waals surface area contributed by atoms with Crippen molar-refractivity contribution in [2.45, 2.75) is 45.8 Å². The lowest BCUT2D eigenvalue weighted by molar-refractivity contribution is -0.882. The fourth-order valence-electron chi connectivity index (χ4n) is 3.68. The van der Waals surface area contributed by atoms with E-state index in [-0.39, 0.29) is 29.4 Å². The fraction of sp³-hybridized carbons (Fsp3) is 0.667. The van der Waals surface area contributed by atoms with E-state index in [1.54, 1.807) is 26.8 Å². The molecule has 2 fully saturated rings. The minimum Gasteiger partial charge on any atom is -0.632 e. The van der Waals surface area contributed by atoms with Gasteiger partial charge in [0.1, 0.15) is 12.6 Å². The Morgan fingerprint density at radius 1 is 1.20 bits per heavy atom. The van der Waals surface area contributed by atoms with Gasteiger partial charge in [-0.05, 0) is 20.8 Å². The fourth-order valence-corrected chi connectivity index (χ4v) is 3.68. The zero-order chi connectivity index (χ0) is 18.6. The zero-order valence-corrected chi connectivity index (χ0v) is 15.1. The molecule has 1 N–H and O–H groups in total. The van der Waals surface area contributed by atoms with Gasteiger partial charge in [-0.3, -0.25) is 0 Å². The van der Waals surface area contributed by atoms with Crippen LogP contribution in [0, 0.1) is 11.1 Å². The second-order valence-electron chi connectivity index (χ2n) is 6.71. The first-order valence-electron chi connectivity index (χ1n) is 8.71. The Labute approximate surface area is 148 Å². The number of aliphatic hydroxyl groups excluding tert-OH is 1. The molecule has 0 saturated carbocycles. The van der Waals surface area contributed by atoms with Crippen molar-refractivity contribution in [3.8, 4) is 0 Å². The highest BCUT2D eigenvalue weighted by atomic mass is 16.6. The number of carbonyl (C=O) groups is 2. The number of aliphatic hydroxyl groups is 1. The number of carbonyl (C=O) groups excluding carboxylic acids is 2. The molecule has 2 aliphatic rings. The molecule has 0 aromatic carbocycles. The maximum Gasteiger partial charge on any atom is 0.336 e. The molecule has 1 unspecified atom stereocenters. The van der Waals surface area contributed by atoms with Gasteiger partial charge in [0.15, 0.2) is 6.10 Å². The van der Waals surface area contributed by atoms with Gasteiger partial charge in [-0.15, -0.1) is 0 Å². The van der Waals surface area contributed by atoms with E-state index in [2.05, 4.69) is 0 Å². The zero-order valence-electron chi connectivity index (χ0n) is 15.1. The largest absolute Gasteiger partial charge is 0.632 e. The van der Waals surface area contributed by atoms with Gasteiger partial charge in [0, 0.05) is 18.4 Å². The van der Waals surface area contributed by atoms with Crippen molar-refractivity contribution in [2.24, 2.45) is 5.92 Å². The van der Waals surface area contributed by atoms with E-state index in [1.165, 1.54) is 6.08 Å². The lowest BCUT2D eigenvalue weighted by Gasteiger charge is -2.40. The Morgan fingerprint density at radius 2 is 1.88 bits per heavy atom. The molecule has 0 aliphatic carbocycles. The highest BCUT2D eigenvalue weighted by Crippen LogP contribution is 2.41. The van der Waals surface area contributed by atoms with Gasteiger partial charge in [-0.25, -0.2) is 9.59 Å². The van der Waals surface area contributed by atoms with Crippen LogP contribution in [-0.4, -0.2) is 60.1 Å². The van der Waals surface area contributed by atoms with Crippen LogP contribution in [0.1, 0.15) is 33.6 Å². The molecule has 140 valence electrons. The molecule has 7 nitrogen and oxygen atoms in total. The number of esters is 2. The Bertz CT molecular complexity index is 584. The molecule has 0 aromatic heterocycles. The van der Waals surface area contributed by atoms with Crippen molar-refractivity contribution in [1.82, 2.24) is 0 Å². The van der Waals surface area contributed by atoms with Crippen LogP contribution in [0.4, 0.5) is 0 Å². The predicted octanol–water partition coefficient (Wildman–Crippen LogP) is 1.45. The summed E-state index contributed by atoms with van der Waals surface area (Å²) in [4.78, 5) is 23.9. The molecule has 0 aromatic rings. The maximum absolute atomic E-state index is 12.9. The van der Waals surface area contributed by atoms with Gasteiger partial charge < -0.3 is 24.4 Å². The molecule has 0 spiro atoms. The number of hydrogen-bond acceptors (Lipinski definition) is 6. The molecular weight excluding hydrogens is 326 g/mol. The molecule has 2 heterocycles. The van der Waals surface area contributed by atoms with Gasteiger partial charge in [0.25, 0.3) is 0 Å². The Balaban J connectivity index is 2.03. The summed E-state index contributed by atoms with van der Waals surface area (Å²) in [5, 5.41) is 22.0. The summed E-state index contributed by atoms with van der Waals surface area (Å²) in [6, 6.07) is -0.399. The SMILES string of the molecule is CC=C(CO)C(=O)OC[C@H]1CC[N+]2([O-])CC[C@@H](OC(=O)/C(C)=C\C)[C@@H]12. The van der Waals surface area contributed by atoms with Gasteiger partial charge in [-0.1, -0.05) is 12.2 Å². The summed E-state index contributed by atoms with van der Waals surface area (Å²) in [5.74, 6) is -1.12. The molecule has 7 heteroatoms. The molecule has 0 radical (unpaired) electrons. The third-order valence-corrected chi connectivity index (χ3v) is 5.30. The van der Waals surface area contributed by atoms with Gasteiger partial charge >= 0.3 is 11.9 Å². The van der Waals surface area contributed by atoms with E-state index in [9.17, 15) is 14.8 Å². The summed E-state index contributed by atoms with van der Waals surface area (Å²) in [6.07, 6.45) is 3.88. The summed E-state index contributed by atoms with van der Waals surface area (Å²) >= 11 is 0.